The van der Waals surface area contributed by atoms with Gasteiger partial charge in [-0.05, 0) is 35.8 Å². The van der Waals surface area contributed by atoms with E-state index in [1.165, 1.54) is 11.1 Å². The van der Waals surface area contributed by atoms with Gasteiger partial charge in [0.05, 0.1) is 0 Å². The molecule has 0 aromatic heterocycles. The van der Waals surface area contributed by atoms with Gasteiger partial charge in [0.15, 0.2) is 0 Å². The van der Waals surface area contributed by atoms with Gasteiger partial charge in [0.25, 0.3) is 0 Å². The second-order valence-electron chi connectivity index (χ2n) is 3.67. The fraction of sp³-hybridized carbons (Fsp3) is 0.667. The van der Waals surface area contributed by atoms with E-state index in [2.05, 4.69) is 40.9 Å². The largest absolute Gasteiger partial charge is 0.0953 e. The van der Waals surface area contributed by atoms with Crippen molar-refractivity contribution in [1.82, 2.24) is 0 Å². The highest BCUT2D eigenvalue weighted by Gasteiger charge is 2.11. The van der Waals surface area contributed by atoms with Crippen LogP contribution in [0.15, 0.2) is 24.3 Å². The second-order valence-corrected chi connectivity index (χ2v) is 3.67. The molecule has 0 aliphatic heterocycles. The lowest BCUT2D eigenvalue weighted by Crippen LogP contribution is -2.05. The van der Waals surface area contributed by atoms with Crippen LogP contribution >= 0.6 is 0 Å². The van der Waals surface area contributed by atoms with Gasteiger partial charge in [-0.15, -0.1) is 0 Å². The maximum atomic E-state index is 4.09. The molecule has 0 rings (SSSR count). The van der Waals surface area contributed by atoms with Crippen molar-refractivity contribution in [2.24, 2.45) is 11.8 Å². The van der Waals surface area contributed by atoms with Gasteiger partial charge in [0, 0.05) is 0 Å². The molecule has 0 fully saturated rings. The highest BCUT2D eigenvalue weighted by atomic mass is 14.2. The van der Waals surface area contributed by atoms with Gasteiger partial charge in [-0.25, -0.2) is 0 Å². The SMILES string of the molecule is C=C(C(=C)C(C)CC)C(C)CC. The van der Waals surface area contributed by atoms with E-state index < -0.39 is 0 Å². The van der Waals surface area contributed by atoms with Gasteiger partial charge in [0.2, 0.25) is 0 Å². The van der Waals surface area contributed by atoms with Crippen molar-refractivity contribution < 1.29 is 0 Å². The molecule has 0 aliphatic carbocycles. The Balaban J connectivity index is 4.19. The molecular formula is C12H22. The molecule has 2 atom stereocenters. The average Bonchev–Trinajstić information content (AvgIpc) is 2.12. The Labute approximate surface area is 77.4 Å². The summed E-state index contributed by atoms with van der Waals surface area (Å²) >= 11 is 0. The molecule has 0 saturated heterocycles. The first-order valence-corrected chi connectivity index (χ1v) is 4.92. The van der Waals surface area contributed by atoms with Crippen LogP contribution in [0.2, 0.25) is 0 Å². The fourth-order valence-corrected chi connectivity index (χ4v) is 1.13. The van der Waals surface area contributed by atoms with Crippen LogP contribution in [0, 0.1) is 11.8 Å². The topological polar surface area (TPSA) is 0 Å². The van der Waals surface area contributed by atoms with Crippen LogP contribution in [0.25, 0.3) is 0 Å². The van der Waals surface area contributed by atoms with Crippen LogP contribution in [0.4, 0.5) is 0 Å². The molecule has 0 aromatic carbocycles. The van der Waals surface area contributed by atoms with Crippen LogP contribution in [-0.2, 0) is 0 Å². The zero-order valence-electron chi connectivity index (χ0n) is 8.98. The molecule has 0 saturated carbocycles. The van der Waals surface area contributed by atoms with Crippen LogP contribution in [0.3, 0.4) is 0 Å². The fourth-order valence-electron chi connectivity index (χ4n) is 1.13. The van der Waals surface area contributed by atoms with Crippen molar-refractivity contribution in [2.45, 2.75) is 40.5 Å². The summed E-state index contributed by atoms with van der Waals surface area (Å²) in [5, 5.41) is 0. The highest BCUT2D eigenvalue weighted by molar-refractivity contribution is 5.28. The van der Waals surface area contributed by atoms with Gasteiger partial charge < -0.3 is 0 Å². The summed E-state index contributed by atoms with van der Waals surface area (Å²) in [5.41, 5.74) is 2.48. The first-order valence-electron chi connectivity index (χ1n) is 4.92. The normalized spacial score (nSPS) is 15.3. The summed E-state index contributed by atoms with van der Waals surface area (Å²) in [6, 6.07) is 0. The molecule has 0 bridgehead atoms. The Morgan fingerprint density at radius 2 is 1.17 bits per heavy atom. The predicted octanol–water partition coefficient (Wildman–Crippen LogP) is 4.19. The van der Waals surface area contributed by atoms with E-state index in [1.807, 2.05) is 0 Å². The van der Waals surface area contributed by atoms with Gasteiger partial charge in [-0.1, -0.05) is 40.9 Å². The van der Waals surface area contributed by atoms with Crippen molar-refractivity contribution in [3.8, 4) is 0 Å². The number of hydrogen-bond donors (Lipinski definition) is 0. The van der Waals surface area contributed by atoms with Gasteiger partial charge in [-0.2, -0.15) is 0 Å². The molecule has 0 nitrogen and oxygen atoms in total. The Morgan fingerprint density at radius 3 is 1.33 bits per heavy atom. The summed E-state index contributed by atoms with van der Waals surface area (Å²) in [5.74, 6) is 1.18. The maximum absolute atomic E-state index is 4.09. The standard InChI is InChI=1S/C12H22/c1-7-9(3)11(5)12(6)10(4)8-2/h9-10H,5-8H2,1-4H3. The minimum Gasteiger partial charge on any atom is -0.0953 e. The zero-order chi connectivity index (χ0) is 9.72. The van der Waals surface area contributed by atoms with Crippen LogP contribution in [0.1, 0.15) is 40.5 Å². The van der Waals surface area contributed by atoms with Crippen molar-refractivity contribution in [1.29, 1.82) is 0 Å². The summed E-state index contributed by atoms with van der Waals surface area (Å²) < 4.78 is 0. The maximum Gasteiger partial charge on any atom is -0.0196 e. The number of rotatable bonds is 5. The van der Waals surface area contributed by atoms with Crippen LogP contribution < -0.4 is 0 Å². The molecule has 0 heteroatoms. The predicted molar refractivity (Wildman–Crippen MR) is 57.2 cm³/mol. The molecule has 0 aromatic rings. The monoisotopic (exact) mass is 166 g/mol. The Hall–Kier alpha value is -0.520. The van der Waals surface area contributed by atoms with Gasteiger partial charge in [-0.3, -0.25) is 0 Å². The van der Waals surface area contributed by atoms with Crippen LogP contribution in [-0.4, -0.2) is 0 Å². The molecule has 2 unspecified atom stereocenters. The highest BCUT2D eigenvalue weighted by Crippen LogP contribution is 2.26. The molecule has 70 valence electrons. The molecule has 12 heavy (non-hydrogen) atoms. The number of allylic oxidation sites excluding steroid dienone is 2. The number of hydrogen-bond acceptors (Lipinski definition) is 0. The summed E-state index contributed by atoms with van der Waals surface area (Å²) in [6.45, 7) is 17.0. The van der Waals surface area contributed by atoms with Crippen molar-refractivity contribution >= 4 is 0 Å². The third kappa shape index (κ3) is 2.84. The van der Waals surface area contributed by atoms with Crippen molar-refractivity contribution in [2.75, 3.05) is 0 Å². The smallest absolute Gasteiger partial charge is 0.0196 e. The van der Waals surface area contributed by atoms with Crippen LogP contribution in [0.5, 0.6) is 0 Å². The van der Waals surface area contributed by atoms with Crippen molar-refractivity contribution in [3.05, 3.63) is 24.3 Å². The minimum atomic E-state index is 0.589. The molecule has 0 radical (unpaired) electrons. The Kier molecular flexibility index (Phi) is 4.96. The van der Waals surface area contributed by atoms with E-state index in [0.29, 0.717) is 11.8 Å². The van der Waals surface area contributed by atoms with E-state index >= 15 is 0 Å². The van der Waals surface area contributed by atoms with E-state index in [1.54, 1.807) is 0 Å². The molecule has 0 amide bonds. The average molecular weight is 166 g/mol. The zero-order valence-corrected chi connectivity index (χ0v) is 8.98. The first-order chi connectivity index (χ1) is 5.54. The lowest BCUT2D eigenvalue weighted by atomic mass is 9.86. The summed E-state index contributed by atoms with van der Waals surface area (Å²) in [7, 11) is 0. The Morgan fingerprint density at radius 1 is 0.917 bits per heavy atom. The molecular weight excluding hydrogens is 144 g/mol. The van der Waals surface area contributed by atoms with E-state index in [4.69, 9.17) is 0 Å². The van der Waals surface area contributed by atoms with E-state index in [-0.39, 0.29) is 0 Å². The Bertz CT molecular complexity index is 145. The molecule has 0 heterocycles. The van der Waals surface area contributed by atoms with Gasteiger partial charge in [0.1, 0.15) is 0 Å². The third-order valence-electron chi connectivity index (χ3n) is 2.83. The third-order valence-corrected chi connectivity index (χ3v) is 2.83. The summed E-state index contributed by atoms with van der Waals surface area (Å²) in [6.07, 6.45) is 2.32. The summed E-state index contributed by atoms with van der Waals surface area (Å²) in [4.78, 5) is 0. The van der Waals surface area contributed by atoms with Gasteiger partial charge >= 0.3 is 0 Å². The molecule has 0 aliphatic rings. The minimum absolute atomic E-state index is 0.589. The molecule has 0 N–H and O–H groups in total. The van der Waals surface area contributed by atoms with Crippen molar-refractivity contribution in [3.63, 3.8) is 0 Å². The lowest BCUT2D eigenvalue weighted by molar-refractivity contribution is 0.604. The first kappa shape index (κ1) is 11.5. The molecule has 0 spiro atoms. The lowest BCUT2D eigenvalue weighted by Gasteiger charge is -2.19. The van der Waals surface area contributed by atoms with E-state index in [9.17, 15) is 0 Å². The quantitative estimate of drug-likeness (QED) is 0.537. The second kappa shape index (κ2) is 5.18. The van der Waals surface area contributed by atoms with E-state index in [0.717, 1.165) is 12.8 Å².